The molecule has 2 fully saturated rings. The zero-order chi connectivity index (χ0) is 18.8. The van der Waals surface area contributed by atoms with Crippen LogP contribution in [0.2, 0.25) is 0 Å². The van der Waals surface area contributed by atoms with E-state index in [-0.39, 0.29) is 0 Å². The van der Waals surface area contributed by atoms with Gasteiger partial charge in [-0.25, -0.2) is 0 Å². The minimum absolute atomic E-state index is 0.429. The Morgan fingerprint density at radius 1 is 1.04 bits per heavy atom. The lowest BCUT2D eigenvalue weighted by molar-refractivity contribution is 0.301. The van der Waals surface area contributed by atoms with Gasteiger partial charge in [-0.05, 0) is 55.5 Å². The molecule has 144 valence electrons. The molecular formula is C22H24N4O2. The smallest absolute Gasteiger partial charge is 0.231 e. The van der Waals surface area contributed by atoms with Crippen molar-refractivity contribution in [3.05, 3.63) is 71.6 Å². The summed E-state index contributed by atoms with van der Waals surface area (Å²) in [5.74, 6) is 2.82. The predicted octanol–water partition coefficient (Wildman–Crippen LogP) is 3.63. The Morgan fingerprint density at radius 3 is 2.61 bits per heavy atom. The van der Waals surface area contributed by atoms with Gasteiger partial charge >= 0.3 is 0 Å². The Balaban J connectivity index is 1.18. The third-order valence-electron chi connectivity index (χ3n) is 5.71. The summed E-state index contributed by atoms with van der Waals surface area (Å²) in [5.41, 5.74) is 2.04. The molecule has 2 unspecified atom stereocenters. The Kier molecular flexibility index (Phi) is 4.79. The topological polar surface area (TPSA) is 73.1 Å². The molecule has 0 amide bonds. The van der Waals surface area contributed by atoms with Crippen LogP contribution in [-0.4, -0.2) is 27.2 Å². The second-order valence-electron chi connectivity index (χ2n) is 7.78. The lowest BCUT2D eigenvalue weighted by Crippen LogP contribution is -2.37. The van der Waals surface area contributed by atoms with Crippen LogP contribution in [-0.2, 0) is 13.0 Å². The first-order valence-electron chi connectivity index (χ1n) is 10.0. The maximum atomic E-state index is 5.79. The molecule has 2 bridgehead atoms. The van der Waals surface area contributed by atoms with E-state index in [1.807, 2.05) is 42.5 Å². The van der Waals surface area contributed by atoms with Gasteiger partial charge in [-0.1, -0.05) is 23.4 Å². The quantitative estimate of drug-likeness (QED) is 0.708. The van der Waals surface area contributed by atoms with Crippen molar-refractivity contribution >= 4 is 0 Å². The first kappa shape index (κ1) is 17.4. The van der Waals surface area contributed by atoms with Crippen molar-refractivity contribution in [2.45, 2.75) is 56.7 Å². The lowest BCUT2D eigenvalue weighted by Gasteiger charge is -2.26. The maximum Gasteiger partial charge on any atom is 0.231 e. The van der Waals surface area contributed by atoms with Gasteiger partial charge in [-0.3, -0.25) is 4.98 Å². The largest absolute Gasteiger partial charge is 0.487 e. The van der Waals surface area contributed by atoms with Gasteiger partial charge in [-0.15, -0.1) is 0 Å². The fourth-order valence-electron chi connectivity index (χ4n) is 4.29. The summed E-state index contributed by atoms with van der Waals surface area (Å²) in [6.07, 6.45) is 7.22. The number of pyridine rings is 1. The number of benzene rings is 1. The van der Waals surface area contributed by atoms with Crippen molar-refractivity contribution < 1.29 is 9.26 Å². The minimum atomic E-state index is 0.429. The summed E-state index contributed by atoms with van der Waals surface area (Å²) in [6, 6.07) is 15.1. The van der Waals surface area contributed by atoms with Crippen LogP contribution in [0, 0.1) is 0 Å². The number of rotatable bonds is 6. The summed E-state index contributed by atoms with van der Waals surface area (Å²) in [4.78, 5) is 8.94. The van der Waals surface area contributed by atoms with E-state index in [4.69, 9.17) is 9.26 Å². The van der Waals surface area contributed by atoms with Crippen molar-refractivity contribution in [2.24, 2.45) is 0 Å². The van der Waals surface area contributed by atoms with E-state index in [1.54, 1.807) is 6.20 Å². The van der Waals surface area contributed by atoms with Gasteiger partial charge in [0.1, 0.15) is 12.4 Å². The Bertz CT molecular complexity index is 898. The number of hydrogen-bond donors (Lipinski definition) is 1. The number of aromatic nitrogens is 3. The molecule has 2 aliphatic rings. The molecule has 1 N–H and O–H groups in total. The molecule has 28 heavy (non-hydrogen) atoms. The van der Waals surface area contributed by atoms with E-state index in [0.29, 0.717) is 36.9 Å². The van der Waals surface area contributed by atoms with Gasteiger partial charge < -0.3 is 14.6 Å². The SMILES string of the molecule is c1ccc(COc2ccc(Cc3nc(C4CC5CCC(C4)N5)no3)cc2)nc1. The Labute approximate surface area is 164 Å². The van der Waals surface area contributed by atoms with Crippen LogP contribution in [0.1, 0.15) is 54.6 Å². The van der Waals surface area contributed by atoms with E-state index < -0.39 is 0 Å². The maximum absolute atomic E-state index is 5.79. The highest BCUT2D eigenvalue weighted by Crippen LogP contribution is 2.36. The van der Waals surface area contributed by atoms with Gasteiger partial charge in [0, 0.05) is 24.2 Å². The molecule has 3 aromatic rings. The molecule has 2 atom stereocenters. The monoisotopic (exact) mass is 376 g/mol. The highest BCUT2D eigenvalue weighted by molar-refractivity contribution is 5.29. The average molecular weight is 376 g/mol. The zero-order valence-electron chi connectivity index (χ0n) is 15.8. The Hall–Kier alpha value is -2.73. The molecular weight excluding hydrogens is 352 g/mol. The van der Waals surface area contributed by atoms with E-state index in [1.165, 1.54) is 12.8 Å². The van der Waals surface area contributed by atoms with Crippen molar-refractivity contribution in [3.63, 3.8) is 0 Å². The third kappa shape index (κ3) is 3.92. The zero-order valence-corrected chi connectivity index (χ0v) is 15.8. The van der Waals surface area contributed by atoms with Crippen LogP contribution in [0.25, 0.3) is 0 Å². The fraction of sp³-hybridized carbons (Fsp3) is 0.409. The van der Waals surface area contributed by atoms with E-state index >= 15 is 0 Å². The minimum Gasteiger partial charge on any atom is -0.487 e. The molecule has 1 aromatic carbocycles. The van der Waals surface area contributed by atoms with Crippen LogP contribution in [0.3, 0.4) is 0 Å². The van der Waals surface area contributed by atoms with Crippen LogP contribution < -0.4 is 10.1 Å². The van der Waals surface area contributed by atoms with Gasteiger partial charge in [0.2, 0.25) is 5.89 Å². The fourth-order valence-corrected chi connectivity index (χ4v) is 4.29. The van der Waals surface area contributed by atoms with E-state index in [0.717, 1.165) is 35.7 Å². The molecule has 0 aliphatic carbocycles. The standard InChI is InChI=1S/C22H24N4O2/c1-2-10-23-19(3-1)14-27-20-8-4-15(5-9-20)11-21-25-22(26-28-21)16-12-17-6-7-18(13-16)24-17/h1-5,8-10,16-18,24H,6-7,11-14H2. The van der Waals surface area contributed by atoms with Crippen molar-refractivity contribution in [1.29, 1.82) is 0 Å². The second kappa shape index (κ2) is 7.72. The van der Waals surface area contributed by atoms with Crippen molar-refractivity contribution in [2.75, 3.05) is 0 Å². The summed E-state index contributed by atoms with van der Waals surface area (Å²) in [6.45, 7) is 0.464. The number of piperidine rings is 1. The molecule has 6 heteroatoms. The molecule has 4 heterocycles. The molecule has 0 spiro atoms. The summed E-state index contributed by atoms with van der Waals surface area (Å²) >= 11 is 0. The first-order chi connectivity index (χ1) is 13.8. The highest BCUT2D eigenvalue weighted by Gasteiger charge is 2.36. The predicted molar refractivity (Wildman–Crippen MR) is 104 cm³/mol. The van der Waals surface area contributed by atoms with Crippen LogP contribution >= 0.6 is 0 Å². The Morgan fingerprint density at radius 2 is 1.86 bits per heavy atom. The number of ether oxygens (including phenoxy) is 1. The van der Waals surface area contributed by atoms with Crippen molar-refractivity contribution in [1.82, 2.24) is 20.4 Å². The van der Waals surface area contributed by atoms with Crippen molar-refractivity contribution in [3.8, 4) is 5.75 Å². The molecule has 2 aliphatic heterocycles. The van der Waals surface area contributed by atoms with Gasteiger partial charge in [-0.2, -0.15) is 4.98 Å². The summed E-state index contributed by atoms with van der Waals surface area (Å²) < 4.78 is 11.3. The molecule has 2 aromatic heterocycles. The lowest BCUT2D eigenvalue weighted by atomic mass is 9.92. The second-order valence-corrected chi connectivity index (χ2v) is 7.78. The molecule has 5 rings (SSSR count). The number of nitrogens with one attached hydrogen (secondary N) is 1. The van der Waals surface area contributed by atoms with Crippen LogP contribution in [0.4, 0.5) is 0 Å². The van der Waals surface area contributed by atoms with Crippen LogP contribution in [0.15, 0.2) is 53.2 Å². The van der Waals surface area contributed by atoms with Gasteiger partial charge in [0.05, 0.1) is 12.1 Å². The molecule has 2 saturated heterocycles. The third-order valence-corrected chi connectivity index (χ3v) is 5.71. The molecule has 0 radical (unpaired) electrons. The number of nitrogens with zero attached hydrogens (tertiary/aromatic N) is 3. The highest BCUT2D eigenvalue weighted by atomic mass is 16.5. The van der Waals surface area contributed by atoms with E-state index in [9.17, 15) is 0 Å². The summed E-state index contributed by atoms with van der Waals surface area (Å²) in [5, 5.41) is 7.93. The first-order valence-corrected chi connectivity index (χ1v) is 10.0. The normalized spacial score (nSPS) is 23.6. The van der Waals surface area contributed by atoms with Gasteiger partial charge in [0.15, 0.2) is 5.82 Å². The average Bonchev–Trinajstić information content (AvgIpc) is 3.34. The van der Waals surface area contributed by atoms with Gasteiger partial charge in [0.25, 0.3) is 0 Å². The molecule has 6 nitrogen and oxygen atoms in total. The number of hydrogen-bond acceptors (Lipinski definition) is 6. The summed E-state index contributed by atoms with van der Waals surface area (Å²) in [7, 11) is 0. The van der Waals surface area contributed by atoms with Crippen LogP contribution in [0.5, 0.6) is 5.75 Å². The van der Waals surface area contributed by atoms with E-state index in [2.05, 4.69) is 20.4 Å². The molecule has 0 saturated carbocycles. The number of fused-ring (bicyclic) bond motifs is 2.